The molecular weight excluding hydrogens is 406 g/mol. The van der Waals surface area contributed by atoms with Crippen LogP contribution in [0.2, 0.25) is 0 Å². The van der Waals surface area contributed by atoms with Gasteiger partial charge in [0.25, 0.3) is 0 Å². The molecule has 3 aliphatic rings. The summed E-state index contributed by atoms with van der Waals surface area (Å²) in [6.07, 6.45) is 1.24. The Morgan fingerprint density at radius 3 is 2.09 bits per heavy atom. The number of carbonyl (C=O) groups excluding carboxylic acids is 2. The summed E-state index contributed by atoms with van der Waals surface area (Å²) in [7, 11) is 0. The second-order valence-electron chi connectivity index (χ2n) is 10.2. The number of hydrogen-bond acceptors (Lipinski definition) is 3. The first kappa shape index (κ1) is 20.0. The van der Waals surface area contributed by atoms with Crippen LogP contribution in [0.3, 0.4) is 0 Å². The van der Waals surface area contributed by atoms with E-state index < -0.39 is 5.92 Å². The SMILES string of the molecule is CC1(C)CC(=O)C2=C(C1)N=C1c3ccccc3C(=O)C1C2c1ccc(-c2ccccc2)cc1. The van der Waals surface area contributed by atoms with Gasteiger partial charge in [0.15, 0.2) is 11.6 Å². The van der Waals surface area contributed by atoms with Gasteiger partial charge in [-0.1, -0.05) is 92.7 Å². The first-order chi connectivity index (χ1) is 15.9. The Morgan fingerprint density at radius 2 is 1.36 bits per heavy atom. The smallest absolute Gasteiger partial charge is 0.173 e. The lowest BCUT2D eigenvalue weighted by Crippen LogP contribution is -2.37. The zero-order chi connectivity index (χ0) is 22.7. The molecule has 0 saturated heterocycles. The van der Waals surface area contributed by atoms with Crippen molar-refractivity contribution in [1.29, 1.82) is 0 Å². The van der Waals surface area contributed by atoms with E-state index in [1.165, 1.54) is 0 Å². The van der Waals surface area contributed by atoms with E-state index in [1.807, 2.05) is 42.5 Å². The van der Waals surface area contributed by atoms with Crippen LogP contribution in [0, 0.1) is 11.3 Å². The van der Waals surface area contributed by atoms with Crippen LogP contribution in [0.15, 0.2) is 95.1 Å². The lowest BCUT2D eigenvalue weighted by atomic mass is 9.66. The van der Waals surface area contributed by atoms with Crippen LogP contribution >= 0.6 is 0 Å². The van der Waals surface area contributed by atoms with Gasteiger partial charge >= 0.3 is 0 Å². The van der Waals surface area contributed by atoms with Gasteiger partial charge < -0.3 is 0 Å². The number of nitrogens with zero attached hydrogens (tertiary/aromatic N) is 1. The normalized spacial score (nSPS) is 23.0. The molecule has 3 aromatic carbocycles. The summed E-state index contributed by atoms with van der Waals surface area (Å²) in [4.78, 5) is 32.0. The highest BCUT2D eigenvalue weighted by molar-refractivity contribution is 6.30. The number of ketones is 2. The third kappa shape index (κ3) is 3.14. The molecule has 33 heavy (non-hydrogen) atoms. The molecule has 2 unspecified atom stereocenters. The van der Waals surface area contributed by atoms with Gasteiger partial charge in [0.05, 0.1) is 11.6 Å². The first-order valence-electron chi connectivity index (χ1n) is 11.6. The number of Topliss-reactive ketones (excluding diaryl/α,β-unsaturated/α-hetero) is 2. The number of aliphatic imine (C=N–C) groups is 1. The third-order valence-corrected chi connectivity index (χ3v) is 7.22. The minimum Gasteiger partial charge on any atom is -0.294 e. The number of hydrogen-bond donors (Lipinski definition) is 0. The highest BCUT2D eigenvalue weighted by Gasteiger charge is 2.50. The van der Waals surface area contributed by atoms with Crippen molar-refractivity contribution in [2.24, 2.45) is 16.3 Å². The fourth-order valence-electron chi connectivity index (χ4n) is 5.76. The van der Waals surface area contributed by atoms with Crippen molar-refractivity contribution in [1.82, 2.24) is 0 Å². The van der Waals surface area contributed by atoms with Crippen molar-refractivity contribution in [2.75, 3.05) is 0 Å². The Labute approximate surface area is 193 Å². The van der Waals surface area contributed by atoms with Gasteiger partial charge in [0.1, 0.15) is 0 Å². The summed E-state index contributed by atoms with van der Waals surface area (Å²) in [5.74, 6) is -0.523. The quantitative estimate of drug-likeness (QED) is 0.472. The Morgan fingerprint density at radius 1 is 0.727 bits per heavy atom. The summed E-state index contributed by atoms with van der Waals surface area (Å²) in [5.41, 5.74) is 7.23. The van der Waals surface area contributed by atoms with Crippen molar-refractivity contribution in [3.63, 3.8) is 0 Å². The highest BCUT2D eigenvalue weighted by Crippen LogP contribution is 2.51. The topological polar surface area (TPSA) is 46.5 Å². The van der Waals surface area contributed by atoms with E-state index in [-0.39, 0.29) is 22.9 Å². The van der Waals surface area contributed by atoms with Crippen molar-refractivity contribution in [2.45, 2.75) is 32.6 Å². The molecule has 2 atom stereocenters. The van der Waals surface area contributed by atoms with Crippen LogP contribution in [0.25, 0.3) is 11.1 Å². The monoisotopic (exact) mass is 431 g/mol. The highest BCUT2D eigenvalue weighted by atomic mass is 16.1. The molecule has 6 rings (SSSR count). The molecular formula is C30H25NO2. The van der Waals surface area contributed by atoms with E-state index in [0.717, 1.165) is 51.2 Å². The zero-order valence-corrected chi connectivity index (χ0v) is 18.8. The van der Waals surface area contributed by atoms with Crippen molar-refractivity contribution in [3.8, 4) is 11.1 Å². The average molecular weight is 432 g/mol. The number of rotatable bonds is 2. The molecule has 0 radical (unpaired) electrons. The molecule has 0 spiro atoms. The largest absolute Gasteiger partial charge is 0.294 e. The zero-order valence-electron chi connectivity index (χ0n) is 18.8. The maximum atomic E-state index is 13.6. The van der Waals surface area contributed by atoms with Gasteiger partial charge in [0, 0.05) is 34.7 Å². The Bertz CT molecular complexity index is 1360. The number of allylic oxidation sites excluding steroid dienone is 2. The summed E-state index contributed by atoms with van der Waals surface area (Å²) in [6, 6.07) is 26.3. The fourth-order valence-corrected chi connectivity index (χ4v) is 5.76. The van der Waals surface area contributed by atoms with E-state index >= 15 is 0 Å². The summed E-state index contributed by atoms with van der Waals surface area (Å²) >= 11 is 0. The molecule has 0 N–H and O–H groups in total. The molecule has 3 heteroatoms. The second-order valence-corrected chi connectivity index (χ2v) is 10.2. The molecule has 162 valence electrons. The fraction of sp³-hybridized carbons (Fsp3) is 0.233. The van der Waals surface area contributed by atoms with Crippen LogP contribution in [-0.4, -0.2) is 17.3 Å². The number of benzene rings is 3. The predicted octanol–water partition coefficient (Wildman–Crippen LogP) is 6.40. The summed E-state index contributed by atoms with van der Waals surface area (Å²) < 4.78 is 0. The first-order valence-corrected chi connectivity index (χ1v) is 11.6. The maximum Gasteiger partial charge on any atom is 0.173 e. The van der Waals surface area contributed by atoms with Crippen LogP contribution in [-0.2, 0) is 4.79 Å². The molecule has 0 bridgehead atoms. The van der Waals surface area contributed by atoms with Gasteiger partial charge in [-0.3, -0.25) is 14.6 Å². The van der Waals surface area contributed by atoms with E-state index in [2.05, 4.69) is 50.2 Å². The molecule has 3 nitrogen and oxygen atoms in total. The van der Waals surface area contributed by atoms with Gasteiger partial charge in [-0.25, -0.2) is 0 Å². The van der Waals surface area contributed by atoms with E-state index in [9.17, 15) is 9.59 Å². The summed E-state index contributed by atoms with van der Waals surface area (Å²) in [5, 5.41) is 0. The molecule has 0 saturated carbocycles. The van der Waals surface area contributed by atoms with Crippen molar-refractivity contribution < 1.29 is 9.59 Å². The van der Waals surface area contributed by atoms with Crippen LogP contribution < -0.4 is 0 Å². The van der Waals surface area contributed by atoms with Crippen molar-refractivity contribution >= 4 is 17.3 Å². The minimum atomic E-state index is -0.436. The molecule has 0 amide bonds. The van der Waals surface area contributed by atoms with Gasteiger partial charge in [-0.15, -0.1) is 0 Å². The van der Waals surface area contributed by atoms with Gasteiger partial charge in [0.2, 0.25) is 0 Å². The summed E-state index contributed by atoms with van der Waals surface area (Å²) in [6.45, 7) is 4.25. The molecule has 1 heterocycles. The number of fused-ring (bicyclic) bond motifs is 3. The van der Waals surface area contributed by atoms with Crippen LogP contribution in [0.5, 0.6) is 0 Å². The van der Waals surface area contributed by atoms with E-state index in [0.29, 0.717) is 6.42 Å². The second kappa shape index (κ2) is 7.21. The standard InChI is InChI=1S/C30H25NO2/c1-30(2)16-23-26(24(32)17-30)25(20-14-12-19(13-15-20)18-8-4-3-5-9-18)27-28(31-23)21-10-6-7-11-22(21)29(27)33/h3-15,25,27H,16-17H2,1-2H3. The maximum absolute atomic E-state index is 13.6. The molecule has 1 aliphatic heterocycles. The number of carbonyl (C=O) groups is 2. The van der Waals surface area contributed by atoms with Crippen LogP contribution in [0.1, 0.15) is 54.1 Å². The molecule has 2 aliphatic carbocycles. The Balaban J connectivity index is 1.52. The minimum absolute atomic E-state index is 0.0747. The molecule has 0 aromatic heterocycles. The van der Waals surface area contributed by atoms with Crippen LogP contribution in [0.4, 0.5) is 0 Å². The van der Waals surface area contributed by atoms with E-state index in [4.69, 9.17) is 4.99 Å². The molecule has 0 fully saturated rings. The van der Waals surface area contributed by atoms with Crippen molar-refractivity contribution in [3.05, 3.63) is 107 Å². The Hall–Kier alpha value is -3.59. The van der Waals surface area contributed by atoms with Gasteiger partial charge in [-0.2, -0.15) is 0 Å². The Kier molecular flexibility index (Phi) is 4.38. The lowest BCUT2D eigenvalue weighted by Gasteiger charge is -2.38. The molecule has 3 aromatic rings. The third-order valence-electron chi connectivity index (χ3n) is 7.22. The van der Waals surface area contributed by atoms with E-state index in [1.54, 1.807) is 0 Å². The average Bonchev–Trinajstić information content (AvgIpc) is 3.10. The lowest BCUT2D eigenvalue weighted by molar-refractivity contribution is -0.118. The predicted molar refractivity (Wildman–Crippen MR) is 130 cm³/mol. The van der Waals surface area contributed by atoms with Gasteiger partial charge in [-0.05, 0) is 28.5 Å².